The van der Waals surface area contributed by atoms with E-state index in [0.717, 1.165) is 38.5 Å². The molecule has 5 aliphatic carbocycles. The molecule has 2 spiro atoms. The highest BCUT2D eigenvalue weighted by Gasteiger charge is 2.85. The lowest BCUT2D eigenvalue weighted by molar-refractivity contribution is -0.366. The molecular formula is C42H70O13. The Balaban J connectivity index is 1.02. The molecule has 0 radical (unpaired) electrons. The molecule has 3 heterocycles. The number of fused-ring (bicyclic) bond motifs is 2. The van der Waals surface area contributed by atoms with Crippen LogP contribution in [0.3, 0.4) is 0 Å². The van der Waals surface area contributed by atoms with Gasteiger partial charge in [0.05, 0.1) is 43.2 Å². The van der Waals surface area contributed by atoms with Crippen LogP contribution in [0.2, 0.25) is 0 Å². The fraction of sp³-hybridized carbons (Fsp3) is 1.00. The second kappa shape index (κ2) is 13.2. The van der Waals surface area contributed by atoms with E-state index in [9.17, 15) is 40.9 Å². The monoisotopic (exact) mass is 782 g/mol. The molecule has 13 heteroatoms. The first-order valence-corrected chi connectivity index (χ1v) is 21.1. The smallest absolute Gasteiger partial charge is 0.187 e. The minimum absolute atomic E-state index is 0.0161. The number of hydrogen-bond acceptors (Lipinski definition) is 13. The van der Waals surface area contributed by atoms with Crippen molar-refractivity contribution in [1.82, 2.24) is 0 Å². The second-order valence-electron chi connectivity index (χ2n) is 21.8. The first kappa shape index (κ1) is 41.2. The van der Waals surface area contributed by atoms with E-state index in [-0.39, 0.29) is 57.5 Å². The molecule has 8 fully saturated rings. The largest absolute Gasteiger partial charge is 0.394 e. The van der Waals surface area contributed by atoms with Gasteiger partial charge in [-0.2, -0.15) is 0 Å². The summed E-state index contributed by atoms with van der Waals surface area (Å²) in [5.41, 5.74) is -1.24. The molecule has 0 aromatic heterocycles. The van der Waals surface area contributed by atoms with E-state index < -0.39 is 91.2 Å². The van der Waals surface area contributed by atoms with Crippen molar-refractivity contribution in [2.24, 2.45) is 50.2 Å². The predicted molar refractivity (Wildman–Crippen MR) is 197 cm³/mol. The summed E-state index contributed by atoms with van der Waals surface area (Å²) in [7, 11) is 0. The molecule has 8 aliphatic rings. The van der Waals surface area contributed by atoms with Crippen molar-refractivity contribution >= 4 is 0 Å². The molecule has 55 heavy (non-hydrogen) atoms. The van der Waals surface area contributed by atoms with Crippen LogP contribution < -0.4 is 0 Å². The highest BCUT2D eigenvalue weighted by Crippen LogP contribution is 2.89. The van der Waals surface area contributed by atoms with E-state index in [1.807, 2.05) is 0 Å². The Morgan fingerprint density at radius 1 is 0.691 bits per heavy atom. The summed E-state index contributed by atoms with van der Waals surface area (Å²) < 4.78 is 31.2. The Bertz CT molecular complexity index is 1450. The average molecular weight is 783 g/mol. The van der Waals surface area contributed by atoms with Crippen LogP contribution in [0.25, 0.3) is 0 Å². The van der Waals surface area contributed by atoms with Gasteiger partial charge in [-0.1, -0.05) is 48.5 Å². The number of aliphatic hydroxyl groups excluding tert-OH is 8. The zero-order valence-electron chi connectivity index (χ0n) is 34.1. The third kappa shape index (κ3) is 5.72. The molecule has 15 unspecified atom stereocenters. The Kier molecular flexibility index (Phi) is 9.92. The van der Waals surface area contributed by atoms with Gasteiger partial charge in [-0.3, -0.25) is 0 Å². The van der Waals surface area contributed by atoms with Crippen LogP contribution in [0.15, 0.2) is 0 Å². The van der Waals surface area contributed by atoms with Crippen molar-refractivity contribution in [2.75, 3.05) is 13.2 Å². The molecule has 5 saturated carbocycles. The van der Waals surface area contributed by atoms with E-state index in [0.29, 0.717) is 19.3 Å². The number of rotatable bonds is 6. The van der Waals surface area contributed by atoms with Crippen molar-refractivity contribution in [3.05, 3.63) is 0 Å². The van der Waals surface area contributed by atoms with Gasteiger partial charge in [0.2, 0.25) is 0 Å². The van der Waals surface area contributed by atoms with E-state index in [1.165, 1.54) is 0 Å². The lowest BCUT2D eigenvalue weighted by Gasteiger charge is -2.64. The molecule has 3 saturated heterocycles. The van der Waals surface area contributed by atoms with Crippen molar-refractivity contribution < 1.29 is 64.5 Å². The summed E-state index contributed by atoms with van der Waals surface area (Å²) in [6.07, 6.45) is -6.48. The summed E-state index contributed by atoms with van der Waals surface area (Å²) in [6, 6.07) is 0. The maximum atomic E-state index is 12.4. The molecule has 0 amide bonds. The molecule has 316 valence electrons. The van der Waals surface area contributed by atoms with Crippen LogP contribution in [-0.2, 0) is 23.7 Å². The fourth-order valence-electron chi connectivity index (χ4n) is 15.0. The summed E-state index contributed by atoms with van der Waals surface area (Å²) in [5, 5.41) is 87.2. The average Bonchev–Trinajstić information content (AvgIpc) is 3.45. The van der Waals surface area contributed by atoms with Crippen LogP contribution in [0.1, 0.15) is 113 Å². The topological polar surface area (TPSA) is 208 Å². The standard InChI is InChI=1S/C42H70O13/c1-36(2,3)25-9-11-40(8,55-25)33-21(45)16-39(7)24-15-20(44)32-37(4,5)26(10-12-42(32)19-41(24,42)14-13-38(33,39)6)53-35-31(27(47)22(46)18-51-35)54-34-30(50)29(49)28(48)23(17-43)52-34/h20-35,43-50H,9-19H2,1-8H3/t20-,21-,22?,23?,24?,25?,26-,27?,28?,29?,30?,31?,32?,33?,34?,35?,38+,39-,40+,41?,42?/m0/s1. The Labute approximate surface area is 326 Å². The SMILES string of the molecule is CC(C)(C)C1CC[C@](C)(C2[C@@H](O)C[C@@]3(C)C4C[C@H](O)C5C(C)(C)[C@@H](OC6OCC(O)C(O)C6OC6OC(CO)C(O)C(O)C6O)CCC56CC46CC[C@]23C)O1. The van der Waals surface area contributed by atoms with Gasteiger partial charge in [0.1, 0.15) is 42.7 Å². The zero-order valence-corrected chi connectivity index (χ0v) is 34.1. The van der Waals surface area contributed by atoms with E-state index in [4.69, 9.17) is 23.7 Å². The van der Waals surface area contributed by atoms with Crippen LogP contribution in [0.5, 0.6) is 0 Å². The normalized spacial score (nSPS) is 58.7. The first-order valence-electron chi connectivity index (χ1n) is 21.1. The molecule has 13 nitrogen and oxygen atoms in total. The van der Waals surface area contributed by atoms with Crippen LogP contribution in [0, 0.1) is 50.2 Å². The first-order chi connectivity index (χ1) is 25.5. The summed E-state index contributed by atoms with van der Waals surface area (Å²) in [6.45, 7) is 17.2. The van der Waals surface area contributed by atoms with E-state index >= 15 is 0 Å². The number of hydrogen-bond donors (Lipinski definition) is 8. The predicted octanol–water partition coefficient (Wildman–Crippen LogP) is 2.00. The van der Waals surface area contributed by atoms with Gasteiger partial charge >= 0.3 is 0 Å². The van der Waals surface area contributed by atoms with Crippen molar-refractivity contribution in [1.29, 1.82) is 0 Å². The lowest BCUT2D eigenvalue weighted by Crippen LogP contribution is -2.64. The molecule has 0 aromatic rings. The molecule has 3 aliphatic heterocycles. The van der Waals surface area contributed by atoms with Crippen LogP contribution >= 0.6 is 0 Å². The van der Waals surface area contributed by atoms with Crippen LogP contribution in [-0.4, -0.2) is 139 Å². The quantitative estimate of drug-likeness (QED) is 0.182. The van der Waals surface area contributed by atoms with Crippen molar-refractivity contribution in [3.8, 4) is 0 Å². The van der Waals surface area contributed by atoms with Crippen molar-refractivity contribution in [3.63, 3.8) is 0 Å². The van der Waals surface area contributed by atoms with Gasteiger partial charge in [-0.25, -0.2) is 0 Å². The number of ether oxygens (including phenoxy) is 5. The van der Waals surface area contributed by atoms with Gasteiger partial charge in [-0.15, -0.1) is 0 Å². The molecule has 0 aromatic carbocycles. The fourth-order valence-corrected chi connectivity index (χ4v) is 15.0. The highest BCUT2D eigenvalue weighted by atomic mass is 16.8. The summed E-state index contributed by atoms with van der Waals surface area (Å²) in [5.74, 6) is 0.204. The van der Waals surface area contributed by atoms with E-state index in [2.05, 4.69) is 55.4 Å². The Hall–Kier alpha value is -0.520. The molecule has 21 atom stereocenters. The van der Waals surface area contributed by atoms with Gasteiger partial charge in [-0.05, 0) is 109 Å². The van der Waals surface area contributed by atoms with E-state index in [1.54, 1.807) is 0 Å². The molecule has 0 bridgehead atoms. The van der Waals surface area contributed by atoms with Crippen LogP contribution in [0.4, 0.5) is 0 Å². The van der Waals surface area contributed by atoms with Gasteiger partial charge < -0.3 is 64.5 Å². The summed E-state index contributed by atoms with van der Waals surface area (Å²) in [4.78, 5) is 0. The Morgan fingerprint density at radius 3 is 2.05 bits per heavy atom. The molecule has 8 rings (SSSR count). The zero-order chi connectivity index (χ0) is 40.1. The molecular weight excluding hydrogens is 712 g/mol. The Morgan fingerprint density at radius 2 is 1.40 bits per heavy atom. The minimum atomic E-state index is -1.71. The van der Waals surface area contributed by atoms with Gasteiger partial charge in [0.15, 0.2) is 12.6 Å². The third-order valence-electron chi connectivity index (χ3n) is 17.8. The molecule has 8 N–H and O–H groups in total. The maximum Gasteiger partial charge on any atom is 0.187 e. The second-order valence-corrected chi connectivity index (χ2v) is 21.8. The minimum Gasteiger partial charge on any atom is -0.394 e. The van der Waals surface area contributed by atoms with Gasteiger partial charge in [0, 0.05) is 5.92 Å². The van der Waals surface area contributed by atoms with Gasteiger partial charge in [0.25, 0.3) is 0 Å². The third-order valence-corrected chi connectivity index (χ3v) is 17.8. The summed E-state index contributed by atoms with van der Waals surface area (Å²) >= 11 is 0. The maximum absolute atomic E-state index is 12.4. The number of aliphatic hydroxyl groups is 8. The lowest BCUT2D eigenvalue weighted by atomic mass is 9.41. The highest BCUT2D eigenvalue weighted by molar-refractivity contribution is 5.33. The van der Waals surface area contributed by atoms with Crippen molar-refractivity contribution in [2.45, 2.75) is 199 Å².